The average Bonchev–Trinajstić information content (AvgIpc) is 2.23. The highest BCUT2D eigenvalue weighted by Crippen LogP contribution is 2.04. The van der Waals surface area contributed by atoms with Gasteiger partial charge >= 0.3 is 0 Å². The van der Waals surface area contributed by atoms with E-state index >= 15 is 0 Å². The number of likely N-dealkylation sites (N-methyl/N-ethyl adjacent to an activating group) is 1. The van der Waals surface area contributed by atoms with Gasteiger partial charge in [-0.05, 0) is 47.2 Å². The smallest absolute Gasteiger partial charge is 0.0630 e. The Bertz CT molecular complexity index is 199. The highest BCUT2D eigenvalue weighted by Gasteiger charge is 2.17. The highest BCUT2D eigenvalue weighted by molar-refractivity contribution is 4.78. The topological polar surface area (TPSA) is 24.5 Å². The molecule has 0 amide bonds. The zero-order chi connectivity index (χ0) is 13.3. The molecular weight excluding hydrogens is 212 g/mol. The van der Waals surface area contributed by atoms with E-state index in [0.29, 0.717) is 6.04 Å². The summed E-state index contributed by atoms with van der Waals surface area (Å²) in [5, 5.41) is 3.54. The Kier molecular flexibility index (Phi) is 8.48. The molecule has 0 radical (unpaired) electrons. The second-order valence-corrected chi connectivity index (χ2v) is 5.65. The summed E-state index contributed by atoms with van der Waals surface area (Å²) in [7, 11) is 3.93. The second kappa shape index (κ2) is 8.67. The minimum atomic E-state index is 0.161. The molecule has 0 aromatic heterocycles. The Hall–Kier alpha value is -0.380. The summed E-state index contributed by atoms with van der Waals surface area (Å²) < 4.78 is 5.29. The summed E-state index contributed by atoms with van der Waals surface area (Å²) in [6.07, 6.45) is 4.22. The van der Waals surface area contributed by atoms with Gasteiger partial charge in [0.15, 0.2) is 0 Å². The molecule has 3 heteroatoms. The van der Waals surface area contributed by atoms with Crippen LogP contribution in [0.3, 0.4) is 0 Å². The number of methoxy groups -OCH3 is 1. The van der Waals surface area contributed by atoms with E-state index in [-0.39, 0.29) is 5.54 Å². The molecule has 0 aliphatic heterocycles. The lowest BCUT2D eigenvalue weighted by Gasteiger charge is -2.31. The lowest BCUT2D eigenvalue weighted by molar-refractivity contribution is 0.101. The summed E-state index contributed by atoms with van der Waals surface area (Å²) >= 11 is 0. The van der Waals surface area contributed by atoms with Crippen molar-refractivity contribution in [2.75, 3.05) is 33.9 Å². The van der Waals surface area contributed by atoms with Crippen molar-refractivity contribution in [2.45, 2.75) is 45.2 Å². The molecule has 0 rings (SSSR count). The molecule has 102 valence electrons. The van der Waals surface area contributed by atoms with E-state index < -0.39 is 0 Å². The van der Waals surface area contributed by atoms with Crippen LogP contribution in [-0.2, 0) is 4.74 Å². The van der Waals surface area contributed by atoms with Gasteiger partial charge in [-0.15, -0.1) is 6.58 Å². The molecule has 0 saturated heterocycles. The molecule has 0 fully saturated rings. The van der Waals surface area contributed by atoms with Crippen LogP contribution in [0.25, 0.3) is 0 Å². The summed E-state index contributed by atoms with van der Waals surface area (Å²) in [4.78, 5) is 2.37. The standard InChI is InChI=1S/C14H30N2O/c1-7-8-9-10-16(5)13(12-17-6)11-15-14(2,3)4/h7,13,15H,1,8-12H2,2-6H3. The minimum absolute atomic E-state index is 0.161. The SMILES string of the molecule is C=CCCCN(C)C(CNC(C)(C)C)COC. The van der Waals surface area contributed by atoms with Gasteiger partial charge in [-0.2, -0.15) is 0 Å². The number of unbranched alkanes of at least 4 members (excludes halogenated alkanes) is 1. The van der Waals surface area contributed by atoms with E-state index in [2.05, 4.69) is 44.6 Å². The van der Waals surface area contributed by atoms with Crippen LogP contribution in [0.1, 0.15) is 33.6 Å². The maximum atomic E-state index is 5.29. The molecular formula is C14H30N2O. The first-order valence-electron chi connectivity index (χ1n) is 6.46. The Morgan fingerprint density at radius 1 is 1.41 bits per heavy atom. The predicted octanol–water partition coefficient (Wildman–Crippen LogP) is 2.29. The first-order chi connectivity index (χ1) is 7.90. The molecule has 1 N–H and O–H groups in total. The van der Waals surface area contributed by atoms with Crippen LogP contribution in [-0.4, -0.2) is 50.3 Å². The van der Waals surface area contributed by atoms with E-state index in [1.165, 1.54) is 0 Å². The molecule has 17 heavy (non-hydrogen) atoms. The van der Waals surface area contributed by atoms with Crippen LogP contribution in [0.2, 0.25) is 0 Å². The highest BCUT2D eigenvalue weighted by atomic mass is 16.5. The molecule has 0 heterocycles. The van der Waals surface area contributed by atoms with E-state index in [4.69, 9.17) is 4.74 Å². The van der Waals surface area contributed by atoms with E-state index in [1.54, 1.807) is 7.11 Å². The lowest BCUT2D eigenvalue weighted by atomic mass is 10.1. The fraction of sp³-hybridized carbons (Fsp3) is 0.857. The Morgan fingerprint density at radius 3 is 2.53 bits per heavy atom. The molecule has 0 aliphatic carbocycles. The van der Waals surface area contributed by atoms with Gasteiger partial charge in [0.05, 0.1) is 6.61 Å². The van der Waals surface area contributed by atoms with Gasteiger partial charge in [-0.1, -0.05) is 6.08 Å². The molecule has 0 saturated carbocycles. The molecule has 1 atom stereocenters. The Balaban J connectivity index is 4.06. The third-order valence-electron chi connectivity index (χ3n) is 2.77. The van der Waals surface area contributed by atoms with Gasteiger partial charge < -0.3 is 10.1 Å². The number of hydrogen-bond acceptors (Lipinski definition) is 3. The van der Waals surface area contributed by atoms with Gasteiger partial charge in [0.25, 0.3) is 0 Å². The molecule has 0 aliphatic rings. The molecule has 0 spiro atoms. The van der Waals surface area contributed by atoms with Gasteiger partial charge in [0.2, 0.25) is 0 Å². The van der Waals surface area contributed by atoms with Crippen molar-refractivity contribution in [3.8, 4) is 0 Å². The fourth-order valence-corrected chi connectivity index (χ4v) is 1.63. The van der Waals surface area contributed by atoms with Crippen molar-refractivity contribution in [1.82, 2.24) is 10.2 Å². The Morgan fingerprint density at radius 2 is 2.06 bits per heavy atom. The van der Waals surface area contributed by atoms with Crippen molar-refractivity contribution in [1.29, 1.82) is 0 Å². The zero-order valence-electron chi connectivity index (χ0n) is 12.3. The zero-order valence-corrected chi connectivity index (χ0v) is 12.3. The maximum Gasteiger partial charge on any atom is 0.0630 e. The second-order valence-electron chi connectivity index (χ2n) is 5.65. The lowest BCUT2D eigenvalue weighted by Crippen LogP contribution is -2.48. The quantitative estimate of drug-likeness (QED) is 0.496. The molecule has 0 bridgehead atoms. The first-order valence-corrected chi connectivity index (χ1v) is 6.46. The number of allylic oxidation sites excluding steroid dienone is 1. The summed E-state index contributed by atoms with van der Waals surface area (Å²) in [6.45, 7) is 13.1. The van der Waals surface area contributed by atoms with Crippen molar-refractivity contribution >= 4 is 0 Å². The van der Waals surface area contributed by atoms with Crippen LogP contribution in [0.15, 0.2) is 12.7 Å². The number of rotatable bonds is 9. The molecule has 0 aromatic rings. The van der Waals surface area contributed by atoms with E-state index in [1.807, 2.05) is 6.08 Å². The van der Waals surface area contributed by atoms with Crippen LogP contribution in [0.4, 0.5) is 0 Å². The number of ether oxygens (including phenoxy) is 1. The van der Waals surface area contributed by atoms with Crippen LogP contribution in [0, 0.1) is 0 Å². The molecule has 0 aromatic carbocycles. The van der Waals surface area contributed by atoms with Crippen molar-refractivity contribution < 1.29 is 4.74 Å². The van der Waals surface area contributed by atoms with Crippen LogP contribution < -0.4 is 5.32 Å². The summed E-state index contributed by atoms with van der Waals surface area (Å²) in [6, 6.07) is 0.434. The minimum Gasteiger partial charge on any atom is -0.383 e. The normalized spacial score (nSPS) is 14.0. The third-order valence-corrected chi connectivity index (χ3v) is 2.77. The first kappa shape index (κ1) is 16.6. The number of hydrogen-bond donors (Lipinski definition) is 1. The monoisotopic (exact) mass is 242 g/mol. The van der Waals surface area contributed by atoms with E-state index in [0.717, 1.165) is 32.5 Å². The largest absolute Gasteiger partial charge is 0.383 e. The average molecular weight is 242 g/mol. The molecule has 3 nitrogen and oxygen atoms in total. The third kappa shape index (κ3) is 9.33. The van der Waals surface area contributed by atoms with Crippen LogP contribution in [0.5, 0.6) is 0 Å². The van der Waals surface area contributed by atoms with Gasteiger partial charge in [-0.25, -0.2) is 0 Å². The maximum absolute atomic E-state index is 5.29. The summed E-state index contributed by atoms with van der Waals surface area (Å²) in [5.74, 6) is 0. The Labute approximate surface area is 107 Å². The van der Waals surface area contributed by atoms with E-state index in [9.17, 15) is 0 Å². The van der Waals surface area contributed by atoms with Crippen molar-refractivity contribution in [2.24, 2.45) is 0 Å². The van der Waals surface area contributed by atoms with Crippen molar-refractivity contribution in [3.05, 3.63) is 12.7 Å². The number of nitrogens with one attached hydrogen (secondary N) is 1. The predicted molar refractivity (Wildman–Crippen MR) is 75.5 cm³/mol. The van der Waals surface area contributed by atoms with Gasteiger partial charge in [0, 0.05) is 25.2 Å². The summed E-state index contributed by atoms with van der Waals surface area (Å²) in [5.41, 5.74) is 0.161. The molecule has 1 unspecified atom stereocenters. The van der Waals surface area contributed by atoms with Gasteiger partial charge in [-0.3, -0.25) is 4.90 Å². The van der Waals surface area contributed by atoms with Crippen LogP contribution >= 0.6 is 0 Å². The fourth-order valence-electron chi connectivity index (χ4n) is 1.63. The van der Waals surface area contributed by atoms with Gasteiger partial charge in [0.1, 0.15) is 0 Å². The van der Waals surface area contributed by atoms with Crippen molar-refractivity contribution in [3.63, 3.8) is 0 Å². The number of nitrogens with zero attached hydrogens (tertiary/aromatic N) is 1.